The maximum absolute atomic E-state index is 13.8. The molecule has 5 aromatic rings. The highest BCUT2D eigenvalue weighted by Crippen LogP contribution is 2.42. The molecule has 1 aliphatic rings. The van der Waals surface area contributed by atoms with Crippen molar-refractivity contribution < 1.29 is 18.3 Å². The van der Waals surface area contributed by atoms with Gasteiger partial charge in [-0.2, -0.15) is 0 Å². The molecule has 0 saturated heterocycles. The van der Waals surface area contributed by atoms with E-state index in [1.165, 1.54) is 29.2 Å². The number of fused-ring (bicyclic) bond motifs is 2. The summed E-state index contributed by atoms with van der Waals surface area (Å²) in [5, 5.41) is 0.407. The Bertz CT molecular complexity index is 1680. The van der Waals surface area contributed by atoms with E-state index in [2.05, 4.69) is 0 Å². The Morgan fingerprint density at radius 2 is 1.58 bits per heavy atom. The first kappa shape index (κ1) is 21.8. The first-order valence-electron chi connectivity index (χ1n) is 11.5. The van der Waals surface area contributed by atoms with Crippen LogP contribution >= 0.6 is 0 Å². The van der Waals surface area contributed by atoms with Crippen molar-refractivity contribution in [1.29, 1.82) is 0 Å². The number of benzene rings is 4. The number of para-hydroxylation sites is 1. The molecule has 2 heterocycles. The van der Waals surface area contributed by atoms with Gasteiger partial charge >= 0.3 is 0 Å². The van der Waals surface area contributed by atoms with Crippen LogP contribution in [0.1, 0.15) is 33.3 Å². The van der Waals surface area contributed by atoms with Crippen LogP contribution in [0, 0.1) is 12.7 Å². The molecule has 0 bridgehead atoms. The van der Waals surface area contributed by atoms with Crippen molar-refractivity contribution in [3.8, 4) is 11.5 Å². The lowest BCUT2D eigenvalue weighted by atomic mass is 9.97. The first-order valence-corrected chi connectivity index (χ1v) is 11.5. The monoisotopic (exact) mass is 477 g/mol. The van der Waals surface area contributed by atoms with Crippen LogP contribution in [0.4, 0.5) is 10.1 Å². The number of amides is 1. The highest BCUT2D eigenvalue weighted by molar-refractivity contribution is 6.10. The van der Waals surface area contributed by atoms with Gasteiger partial charge in [0.2, 0.25) is 5.76 Å². The second-order valence-electron chi connectivity index (χ2n) is 8.72. The van der Waals surface area contributed by atoms with Gasteiger partial charge in [0.1, 0.15) is 22.9 Å². The molecule has 5 nitrogen and oxygen atoms in total. The molecular formula is C30H20FNO4. The second-order valence-corrected chi connectivity index (χ2v) is 8.72. The van der Waals surface area contributed by atoms with Gasteiger partial charge in [0, 0.05) is 5.69 Å². The largest absolute Gasteiger partial charge is 0.457 e. The molecule has 0 saturated carbocycles. The summed E-state index contributed by atoms with van der Waals surface area (Å²) < 4.78 is 25.7. The lowest BCUT2D eigenvalue weighted by molar-refractivity contribution is 0.0971. The molecule has 6 heteroatoms. The zero-order valence-electron chi connectivity index (χ0n) is 19.3. The summed E-state index contributed by atoms with van der Waals surface area (Å²) in [5.41, 5.74) is 2.35. The Hall–Kier alpha value is -4.71. The van der Waals surface area contributed by atoms with Crippen LogP contribution in [0.5, 0.6) is 11.5 Å². The SMILES string of the molecule is Cc1ccc2oc3c(c(=O)c2c1)C(c1cccc(Oc2ccccc2)c1)N(c1ccc(F)cc1)C3=O. The summed E-state index contributed by atoms with van der Waals surface area (Å²) in [6.45, 7) is 1.89. The molecule has 0 radical (unpaired) electrons. The molecule has 1 amide bonds. The second kappa shape index (κ2) is 8.50. The quantitative estimate of drug-likeness (QED) is 0.286. The average molecular weight is 477 g/mol. The Morgan fingerprint density at radius 1 is 0.833 bits per heavy atom. The van der Waals surface area contributed by atoms with Gasteiger partial charge in [0.05, 0.1) is 17.0 Å². The molecule has 0 spiro atoms. The zero-order valence-corrected chi connectivity index (χ0v) is 19.3. The molecule has 1 aliphatic heterocycles. The van der Waals surface area contributed by atoms with E-state index in [0.29, 0.717) is 33.7 Å². The number of halogens is 1. The Morgan fingerprint density at radius 3 is 2.36 bits per heavy atom. The van der Waals surface area contributed by atoms with Gasteiger partial charge in [0.15, 0.2) is 5.43 Å². The number of hydrogen-bond acceptors (Lipinski definition) is 4. The topological polar surface area (TPSA) is 59.8 Å². The van der Waals surface area contributed by atoms with Gasteiger partial charge in [-0.1, -0.05) is 42.0 Å². The van der Waals surface area contributed by atoms with Gasteiger partial charge in [0.25, 0.3) is 5.91 Å². The Labute approximate surface area is 206 Å². The zero-order chi connectivity index (χ0) is 24.8. The summed E-state index contributed by atoms with van der Waals surface area (Å²) in [5.74, 6) is 0.317. The van der Waals surface area contributed by atoms with E-state index in [0.717, 1.165) is 5.56 Å². The summed E-state index contributed by atoms with van der Waals surface area (Å²) >= 11 is 0. The van der Waals surface area contributed by atoms with E-state index >= 15 is 0 Å². The smallest absolute Gasteiger partial charge is 0.295 e. The van der Waals surface area contributed by atoms with Crippen LogP contribution in [0.15, 0.2) is 106 Å². The van der Waals surface area contributed by atoms with Crippen molar-refractivity contribution in [3.05, 3.63) is 136 Å². The maximum atomic E-state index is 13.8. The molecule has 36 heavy (non-hydrogen) atoms. The van der Waals surface area contributed by atoms with Crippen molar-refractivity contribution in [2.24, 2.45) is 0 Å². The molecule has 4 aromatic carbocycles. The molecule has 176 valence electrons. The molecule has 6 rings (SSSR count). The molecular weight excluding hydrogens is 457 g/mol. The maximum Gasteiger partial charge on any atom is 0.295 e. The first-order chi connectivity index (χ1) is 17.5. The predicted molar refractivity (Wildman–Crippen MR) is 135 cm³/mol. The third-order valence-electron chi connectivity index (χ3n) is 6.28. The molecule has 0 fully saturated rings. The third kappa shape index (κ3) is 3.64. The van der Waals surface area contributed by atoms with Crippen molar-refractivity contribution in [2.45, 2.75) is 13.0 Å². The van der Waals surface area contributed by atoms with Crippen LogP contribution in [-0.4, -0.2) is 5.91 Å². The number of anilines is 1. The number of hydrogen-bond donors (Lipinski definition) is 0. The fourth-order valence-corrected chi connectivity index (χ4v) is 4.64. The van der Waals surface area contributed by atoms with E-state index < -0.39 is 17.8 Å². The van der Waals surface area contributed by atoms with Crippen molar-refractivity contribution >= 4 is 22.6 Å². The minimum absolute atomic E-state index is 0.0138. The molecule has 1 atom stereocenters. The highest BCUT2D eigenvalue weighted by Gasteiger charge is 2.43. The van der Waals surface area contributed by atoms with Crippen molar-refractivity contribution in [1.82, 2.24) is 0 Å². The van der Waals surface area contributed by atoms with Crippen LogP contribution in [0.2, 0.25) is 0 Å². The molecule has 1 aromatic heterocycles. The highest BCUT2D eigenvalue weighted by atomic mass is 19.1. The fraction of sp³-hybridized carbons (Fsp3) is 0.0667. The van der Waals surface area contributed by atoms with E-state index in [1.807, 2.05) is 61.5 Å². The van der Waals surface area contributed by atoms with Crippen LogP contribution in [0.3, 0.4) is 0 Å². The van der Waals surface area contributed by atoms with E-state index in [9.17, 15) is 14.0 Å². The normalized spacial score (nSPS) is 14.8. The third-order valence-corrected chi connectivity index (χ3v) is 6.28. The van der Waals surface area contributed by atoms with Crippen LogP contribution in [-0.2, 0) is 0 Å². The van der Waals surface area contributed by atoms with Gasteiger partial charge in [-0.05, 0) is 73.2 Å². The number of nitrogens with zero attached hydrogens (tertiary/aromatic N) is 1. The summed E-state index contributed by atoms with van der Waals surface area (Å²) in [4.78, 5) is 28.9. The lowest BCUT2D eigenvalue weighted by Gasteiger charge is -2.25. The average Bonchev–Trinajstić information content (AvgIpc) is 3.18. The lowest BCUT2D eigenvalue weighted by Crippen LogP contribution is -2.29. The number of carbonyl (C=O) groups is 1. The number of ether oxygens (including phenoxy) is 1. The van der Waals surface area contributed by atoms with E-state index in [1.54, 1.807) is 18.2 Å². The number of aryl methyl sites for hydroxylation is 1. The van der Waals surface area contributed by atoms with Gasteiger partial charge in [-0.3, -0.25) is 14.5 Å². The predicted octanol–water partition coefficient (Wildman–Crippen LogP) is 6.78. The Balaban J connectivity index is 1.55. The Kier molecular flexibility index (Phi) is 5.15. The van der Waals surface area contributed by atoms with Gasteiger partial charge in [-0.15, -0.1) is 0 Å². The number of carbonyl (C=O) groups excluding carboxylic acids is 1. The van der Waals surface area contributed by atoms with Crippen molar-refractivity contribution in [3.63, 3.8) is 0 Å². The van der Waals surface area contributed by atoms with Crippen LogP contribution < -0.4 is 15.1 Å². The van der Waals surface area contributed by atoms with Gasteiger partial charge in [-0.25, -0.2) is 4.39 Å². The molecule has 0 aliphatic carbocycles. The number of rotatable bonds is 4. The fourth-order valence-electron chi connectivity index (χ4n) is 4.64. The molecule has 0 N–H and O–H groups in total. The van der Waals surface area contributed by atoms with Gasteiger partial charge < -0.3 is 9.15 Å². The van der Waals surface area contributed by atoms with Crippen molar-refractivity contribution in [2.75, 3.05) is 4.90 Å². The minimum atomic E-state index is -0.779. The summed E-state index contributed by atoms with van der Waals surface area (Å²) in [6.07, 6.45) is 0. The summed E-state index contributed by atoms with van der Waals surface area (Å²) in [7, 11) is 0. The van der Waals surface area contributed by atoms with E-state index in [-0.39, 0.29) is 16.8 Å². The minimum Gasteiger partial charge on any atom is -0.457 e. The van der Waals surface area contributed by atoms with E-state index in [4.69, 9.17) is 9.15 Å². The summed E-state index contributed by atoms with van der Waals surface area (Å²) in [6, 6.07) is 26.7. The molecule has 1 unspecified atom stereocenters. The van der Waals surface area contributed by atoms with Crippen LogP contribution in [0.25, 0.3) is 11.0 Å². The standard InChI is InChI=1S/C30H20FNO4/c1-18-10-15-25-24(16-18)28(33)26-27(19-6-5-9-23(17-19)35-22-7-3-2-4-8-22)32(30(34)29(26)36-25)21-13-11-20(31)12-14-21/h2-17,27H,1H3.